The van der Waals surface area contributed by atoms with Crippen molar-refractivity contribution >= 4 is 11.9 Å². The van der Waals surface area contributed by atoms with Crippen LogP contribution < -0.4 is 4.74 Å². The predicted molar refractivity (Wildman–Crippen MR) is 78.2 cm³/mol. The number of aliphatic carboxylic acids is 1. The van der Waals surface area contributed by atoms with Gasteiger partial charge >= 0.3 is 5.97 Å². The van der Waals surface area contributed by atoms with Crippen molar-refractivity contribution in [2.75, 3.05) is 20.2 Å². The number of nitrogens with zero attached hydrogens (tertiary/aromatic N) is 1. The SMILES string of the molecule is COc1ccc(CCC(=O)N2CCC[C@@H](C(=O)O)C2)cc1F. The zero-order valence-corrected chi connectivity index (χ0v) is 12.5. The minimum Gasteiger partial charge on any atom is -0.494 e. The number of amides is 1. The molecule has 0 radical (unpaired) electrons. The van der Waals surface area contributed by atoms with E-state index in [1.165, 1.54) is 19.2 Å². The Labute approximate surface area is 128 Å². The molecule has 1 N–H and O–H groups in total. The summed E-state index contributed by atoms with van der Waals surface area (Å²) in [5, 5.41) is 9.03. The summed E-state index contributed by atoms with van der Waals surface area (Å²) in [5.74, 6) is -1.68. The van der Waals surface area contributed by atoms with E-state index in [2.05, 4.69) is 0 Å². The topological polar surface area (TPSA) is 66.8 Å². The van der Waals surface area contributed by atoms with Crippen LogP contribution >= 0.6 is 0 Å². The Balaban J connectivity index is 1.89. The van der Waals surface area contributed by atoms with Crippen LogP contribution in [-0.4, -0.2) is 42.1 Å². The van der Waals surface area contributed by atoms with Crippen LogP contribution in [0.15, 0.2) is 18.2 Å². The van der Waals surface area contributed by atoms with Gasteiger partial charge in [-0.3, -0.25) is 9.59 Å². The molecule has 0 aliphatic carbocycles. The number of hydrogen-bond acceptors (Lipinski definition) is 3. The fraction of sp³-hybridized carbons (Fsp3) is 0.500. The van der Waals surface area contributed by atoms with E-state index in [1.54, 1.807) is 11.0 Å². The summed E-state index contributed by atoms with van der Waals surface area (Å²) in [7, 11) is 1.40. The number of halogens is 1. The van der Waals surface area contributed by atoms with Crippen LogP contribution in [0.4, 0.5) is 4.39 Å². The number of piperidine rings is 1. The van der Waals surface area contributed by atoms with E-state index in [0.717, 1.165) is 5.56 Å². The number of carbonyl (C=O) groups is 2. The summed E-state index contributed by atoms with van der Waals surface area (Å²) in [6.45, 7) is 0.866. The standard InChI is InChI=1S/C16H20FNO4/c1-22-14-6-4-11(9-13(14)17)5-7-15(19)18-8-2-3-12(10-18)16(20)21/h4,6,9,12H,2-3,5,7-8,10H2,1H3,(H,20,21)/t12-/m1/s1. The molecule has 0 aromatic heterocycles. The number of aryl methyl sites for hydroxylation is 1. The summed E-state index contributed by atoms with van der Waals surface area (Å²) in [6, 6.07) is 4.63. The van der Waals surface area contributed by atoms with Crippen LogP contribution in [0.25, 0.3) is 0 Å². The first-order valence-electron chi connectivity index (χ1n) is 7.34. The lowest BCUT2D eigenvalue weighted by Crippen LogP contribution is -2.42. The second kappa shape index (κ2) is 7.24. The van der Waals surface area contributed by atoms with Gasteiger partial charge in [0.1, 0.15) is 0 Å². The third-order valence-corrected chi connectivity index (χ3v) is 3.97. The van der Waals surface area contributed by atoms with Crippen LogP contribution in [0.1, 0.15) is 24.8 Å². The van der Waals surface area contributed by atoms with Crippen molar-refractivity contribution in [2.24, 2.45) is 5.92 Å². The summed E-state index contributed by atoms with van der Waals surface area (Å²) in [6.07, 6.45) is 1.99. The molecule has 2 rings (SSSR count). The number of carboxylic acid groups (broad SMARTS) is 1. The zero-order chi connectivity index (χ0) is 16.1. The molecule has 0 spiro atoms. The van der Waals surface area contributed by atoms with Crippen molar-refractivity contribution in [2.45, 2.75) is 25.7 Å². The maximum atomic E-state index is 13.6. The quantitative estimate of drug-likeness (QED) is 0.904. The van der Waals surface area contributed by atoms with Crippen LogP contribution in [-0.2, 0) is 16.0 Å². The lowest BCUT2D eigenvalue weighted by atomic mass is 9.97. The normalized spacial score (nSPS) is 18.1. The molecule has 1 aromatic carbocycles. The molecule has 6 heteroatoms. The molecule has 22 heavy (non-hydrogen) atoms. The molecule has 1 aliphatic heterocycles. The van der Waals surface area contributed by atoms with Gasteiger partial charge in [0.15, 0.2) is 11.6 Å². The van der Waals surface area contributed by atoms with E-state index in [-0.39, 0.29) is 24.6 Å². The first-order valence-corrected chi connectivity index (χ1v) is 7.34. The minimum atomic E-state index is -0.852. The van der Waals surface area contributed by atoms with Crippen molar-refractivity contribution < 1.29 is 23.8 Å². The molecule has 120 valence electrons. The van der Waals surface area contributed by atoms with E-state index >= 15 is 0 Å². The molecule has 0 saturated carbocycles. The van der Waals surface area contributed by atoms with Gasteiger partial charge in [-0.05, 0) is 37.0 Å². The Bertz CT molecular complexity index is 561. The van der Waals surface area contributed by atoms with E-state index in [4.69, 9.17) is 9.84 Å². The molecule has 0 bridgehead atoms. The maximum Gasteiger partial charge on any atom is 0.308 e. The van der Waals surface area contributed by atoms with Crippen molar-refractivity contribution in [1.29, 1.82) is 0 Å². The largest absolute Gasteiger partial charge is 0.494 e. The van der Waals surface area contributed by atoms with Crippen molar-refractivity contribution in [3.63, 3.8) is 0 Å². The minimum absolute atomic E-state index is 0.0813. The molecule has 1 aliphatic rings. The fourth-order valence-electron chi connectivity index (χ4n) is 2.68. The van der Waals surface area contributed by atoms with Crippen molar-refractivity contribution in [3.05, 3.63) is 29.6 Å². The highest BCUT2D eigenvalue weighted by atomic mass is 19.1. The fourth-order valence-corrected chi connectivity index (χ4v) is 2.68. The molecule has 1 atom stereocenters. The maximum absolute atomic E-state index is 13.6. The van der Waals surface area contributed by atoms with Gasteiger partial charge in [0.2, 0.25) is 5.91 Å². The number of hydrogen-bond donors (Lipinski definition) is 1. The van der Waals surface area contributed by atoms with Gasteiger partial charge in [-0.1, -0.05) is 6.07 Å². The van der Waals surface area contributed by atoms with Gasteiger partial charge in [-0.15, -0.1) is 0 Å². The van der Waals surface area contributed by atoms with Crippen molar-refractivity contribution in [1.82, 2.24) is 4.90 Å². The highest BCUT2D eigenvalue weighted by Crippen LogP contribution is 2.20. The van der Waals surface area contributed by atoms with Crippen LogP contribution in [0, 0.1) is 11.7 Å². The summed E-state index contributed by atoms with van der Waals surface area (Å²) >= 11 is 0. The van der Waals surface area contributed by atoms with Crippen LogP contribution in [0.3, 0.4) is 0 Å². The van der Waals surface area contributed by atoms with Crippen LogP contribution in [0.2, 0.25) is 0 Å². The van der Waals surface area contributed by atoms with E-state index in [0.29, 0.717) is 25.8 Å². The molecular formula is C16H20FNO4. The summed E-state index contributed by atoms with van der Waals surface area (Å²) in [5.41, 5.74) is 0.721. The molecule has 1 fully saturated rings. The molecule has 1 amide bonds. The second-order valence-corrected chi connectivity index (χ2v) is 5.49. The monoisotopic (exact) mass is 309 g/mol. The Morgan fingerprint density at radius 1 is 1.45 bits per heavy atom. The number of methoxy groups -OCH3 is 1. The Kier molecular flexibility index (Phi) is 5.35. The average molecular weight is 309 g/mol. The number of likely N-dealkylation sites (tertiary alicyclic amines) is 1. The Morgan fingerprint density at radius 3 is 2.86 bits per heavy atom. The number of carbonyl (C=O) groups excluding carboxylic acids is 1. The smallest absolute Gasteiger partial charge is 0.308 e. The van der Waals surface area contributed by atoms with Gasteiger partial charge < -0.3 is 14.7 Å². The molecule has 5 nitrogen and oxygen atoms in total. The Morgan fingerprint density at radius 2 is 2.23 bits per heavy atom. The van der Waals surface area contributed by atoms with Gasteiger partial charge in [0.05, 0.1) is 13.0 Å². The third-order valence-electron chi connectivity index (χ3n) is 3.97. The van der Waals surface area contributed by atoms with E-state index < -0.39 is 17.7 Å². The lowest BCUT2D eigenvalue weighted by Gasteiger charge is -2.30. The molecule has 1 heterocycles. The molecular weight excluding hydrogens is 289 g/mol. The summed E-state index contributed by atoms with van der Waals surface area (Å²) < 4.78 is 18.4. The lowest BCUT2D eigenvalue weighted by molar-refractivity contribution is -0.145. The highest BCUT2D eigenvalue weighted by molar-refractivity contribution is 5.78. The van der Waals surface area contributed by atoms with E-state index in [1.807, 2.05) is 0 Å². The van der Waals surface area contributed by atoms with Gasteiger partial charge in [-0.2, -0.15) is 0 Å². The molecule has 0 unspecified atom stereocenters. The molecule has 1 aromatic rings. The molecule has 1 saturated heterocycles. The predicted octanol–water partition coefficient (Wildman–Crippen LogP) is 2.09. The van der Waals surface area contributed by atoms with Gasteiger partial charge in [0, 0.05) is 19.5 Å². The number of ether oxygens (including phenoxy) is 1. The average Bonchev–Trinajstić information content (AvgIpc) is 2.52. The first kappa shape index (κ1) is 16.3. The van der Waals surface area contributed by atoms with E-state index in [9.17, 15) is 14.0 Å². The number of carboxylic acids is 1. The highest BCUT2D eigenvalue weighted by Gasteiger charge is 2.27. The van der Waals surface area contributed by atoms with Gasteiger partial charge in [0.25, 0.3) is 0 Å². The Hall–Kier alpha value is -2.11. The number of benzene rings is 1. The van der Waals surface area contributed by atoms with Crippen molar-refractivity contribution in [3.8, 4) is 5.75 Å². The third kappa shape index (κ3) is 3.96. The van der Waals surface area contributed by atoms with Gasteiger partial charge in [-0.25, -0.2) is 4.39 Å². The second-order valence-electron chi connectivity index (χ2n) is 5.49. The van der Waals surface area contributed by atoms with Crippen LogP contribution in [0.5, 0.6) is 5.75 Å². The first-order chi connectivity index (χ1) is 10.5. The summed E-state index contributed by atoms with van der Waals surface area (Å²) in [4.78, 5) is 24.8. The zero-order valence-electron chi connectivity index (χ0n) is 12.5. The number of rotatable bonds is 5.